The number of hydrogen-bond donors (Lipinski definition) is 1. The van der Waals surface area contributed by atoms with Crippen LogP contribution in [0.25, 0.3) is 10.9 Å². The summed E-state index contributed by atoms with van der Waals surface area (Å²) < 4.78 is 1.20. The molecule has 1 aliphatic rings. The number of aromatic amines is 1. The Morgan fingerprint density at radius 3 is 2.58 bits per heavy atom. The van der Waals surface area contributed by atoms with Crippen LogP contribution >= 0.6 is 15.9 Å². The summed E-state index contributed by atoms with van der Waals surface area (Å²) in [7, 11) is 0. The SMILES string of the molecule is CCCCCCCCCCC1CCCc2c1[nH]c1ccc(Br)cc21. The summed E-state index contributed by atoms with van der Waals surface area (Å²) in [4.78, 5) is 3.75. The number of rotatable bonds is 9. The summed E-state index contributed by atoms with van der Waals surface area (Å²) in [6.45, 7) is 2.29. The molecule has 2 aromatic rings. The highest BCUT2D eigenvalue weighted by Gasteiger charge is 2.23. The second kappa shape index (κ2) is 9.08. The number of hydrogen-bond acceptors (Lipinski definition) is 0. The van der Waals surface area contributed by atoms with E-state index < -0.39 is 0 Å². The molecule has 1 unspecified atom stereocenters. The highest BCUT2D eigenvalue weighted by molar-refractivity contribution is 9.10. The normalized spacial score (nSPS) is 17.3. The minimum Gasteiger partial charge on any atom is -0.358 e. The largest absolute Gasteiger partial charge is 0.358 e. The van der Waals surface area contributed by atoms with Crippen molar-refractivity contribution in [2.75, 3.05) is 0 Å². The molecule has 1 aromatic heterocycles. The monoisotopic (exact) mass is 389 g/mol. The molecule has 2 heteroatoms. The molecule has 1 aromatic carbocycles. The number of nitrogens with one attached hydrogen (secondary N) is 1. The Kier molecular flexibility index (Phi) is 6.83. The van der Waals surface area contributed by atoms with Gasteiger partial charge in [-0.25, -0.2) is 0 Å². The molecule has 132 valence electrons. The van der Waals surface area contributed by atoms with Crippen molar-refractivity contribution < 1.29 is 0 Å². The number of aromatic nitrogens is 1. The first-order valence-corrected chi connectivity index (χ1v) is 10.9. The van der Waals surface area contributed by atoms with Crippen LogP contribution < -0.4 is 0 Å². The lowest BCUT2D eigenvalue weighted by Gasteiger charge is -2.22. The zero-order valence-electron chi connectivity index (χ0n) is 15.2. The number of benzene rings is 1. The van der Waals surface area contributed by atoms with Gasteiger partial charge in [-0.15, -0.1) is 0 Å². The fourth-order valence-electron chi connectivity index (χ4n) is 4.34. The van der Waals surface area contributed by atoms with E-state index in [1.807, 2.05) is 0 Å². The van der Waals surface area contributed by atoms with Crippen LogP contribution in [-0.2, 0) is 6.42 Å². The first-order valence-electron chi connectivity index (χ1n) is 10.1. The van der Waals surface area contributed by atoms with E-state index in [2.05, 4.69) is 46.0 Å². The van der Waals surface area contributed by atoms with Crippen LogP contribution in [0.1, 0.15) is 94.7 Å². The van der Waals surface area contributed by atoms with Crippen molar-refractivity contribution in [2.24, 2.45) is 0 Å². The van der Waals surface area contributed by atoms with Gasteiger partial charge in [0.25, 0.3) is 0 Å². The molecule has 3 rings (SSSR count). The Labute approximate surface area is 155 Å². The third kappa shape index (κ3) is 4.45. The fraction of sp³-hybridized carbons (Fsp3) is 0.636. The van der Waals surface area contributed by atoms with E-state index >= 15 is 0 Å². The maximum atomic E-state index is 3.75. The quantitative estimate of drug-likeness (QED) is 0.419. The lowest BCUT2D eigenvalue weighted by Crippen LogP contribution is -2.09. The molecule has 0 amide bonds. The molecule has 1 atom stereocenters. The second-order valence-corrected chi connectivity index (χ2v) is 8.48. The lowest BCUT2D eigenvalue weighted by molar-refractivity contribution is 0.476. The van der Waals surface area contributed by atoms with Crippen molar-refractivity contribution in [1.82, 2.24) is 4.98 Å². The second-order valence-electron chi connectivity index (χ2n) is 7.56. The Morgan fingerprint density at radius 2 is 1.79 bits per heavy atom. The minimum atomic E-state index is 0.764. The van der Waals surface area contributed by atoms with Crippen LogP contribution in [0, 0.1) is 0 Å². The zero-order valence-corrected chi connectivity index (χ0v) is 16.8. The molecule has 0 fully saturated rings. The summed E-state index contributed by atoms with van der Waals surface area (Å²) in [6.07, 6.45) is 16.7. The number of fused-ring (bicyclic) bond motifs is 3. The van der Waals surface area contributed by atoms with Crippen LogP contribution in [0.3, 0.4) is 0 Å². The van der Waals surface area contributed by atoms with Gasteiger partial charge >= 0.3 is 0 Å². The molecule has 24 heavy (non-hydrogen) atoms. The molecule has 0 bridgehead atoms. The van der Waals surface area contributed by atoms with E-state index in [1.54, 1.807) is 11.3 Å². The van der Waals surface area contributed by atoms with E-state index in [0.29, 0.717) is 0 Å². The van der Waals surface area contributed by atoms with Crippen molar-refractivity contribution in [2.45, 2.75) is 89.9 Å². The van der Waals surface area contributed by atoms with E-state index in [1.165, 1.54) is 92.4 Å². The highest BCUT2D eigenvalue weighted by Crippen LogP contribution is 2.39. The van der Waals surface area contributed by atoms with Crippen LogP contribution in [-0.4, -0.2) is 4.98 Å². The number of halogens is 1. The van der Waals surface area contributed by atoms with Gasteiger partial charge in [0.2, 0.25) is 0 Å². The van der Waals surface area contributed by atoms with E-state index in [0.717, 1.165) is 5.92 Å². The zero-order chi connectivity index (χ0) is 16.8. The predicted octanol–water partition coefficient (Wildman–Crippen LogP) is 7.88. The van der Waals surface area contributed by atoms with Gasteiger partial charge in [-0.3, -0.25) is 0 Å². The first kappa shape index (κ1) is 18.0. The van der Waals surface area contributed by atoms with Crippen LogP contribution in [0.5, 0.6) is 0 Å². The van der Waals surface area contributed by atoms with Gasteiger partial charge in [-0.2, -0.15) is 0 Å². The van der Waals surface area contributed by atoms with Gasteiger partial charge in [0.15, 0.2) is 0 Å². The van der Waals surface area contributed by atoms with Crippen molar-refractivity contribution >= 4 is 26.8 Å². The Balaban J connectivity index is 1.51. The van der Waals surface area contributed by atoms with Crippen molar-refractivity contribution in [3.05, 3.63) is 33.9 Å². The third-order valence-corrected chi connectivity index (χ3v) is 6.19. The molecule has 0 saturated carbocycles. The minimum absolute atomic E-state index is 0.764. The van der Waals surface area contributed by atoms with Crippen LogP contribution in [0.2, 0.25) is 0 Å². The molecule has 0 saturated heterocycles. The fourth-order valence-corrected chi connectivity index (χ4v) is 4.70. The van der Waals surface area contributed by atoms with Gasteiger partial charge in [0, 0.05) is 21.1 Å². The molecular formula is C22H32BrN. The Hall–Kier alpha value is -0.760. The van der Waals surface area contributed by atoms with Crippen molar-refractivity contribution in [1.29, 1.82) is 0 Å². The third-order valence-electron chi connectivity index (χ3n) is 5.69. The smallest absolute Gasteiger partial charge is 0.0459 e. The lowest BCUT2D eigenvalue weighted by atomic mass is 9.83. The molecule has 0 radical (unpaired) electrons. The average Bonchev–Trinajstić information content (AvgIpc) is 2.96. The molecule has 0 aliphatic heterocycles. The maximum Gasteiger partial charge on any atom is 0.0459 e. The summed E-state index contributed by atoms with van der Waals surface area (Å²) in [6, 6.07) is 6.67. The predicted molar refractivity (Wildman–Crippen MR) is 109 cm³/mol. The number of aryl methyl sites for hydroxylation is 1. The number of H-pyrrole nitrogens is 1. The topological polar surface area (TPSA) is 15.8 Å². The van der Waals surface area contributed by atoms with Crippen LogP contribution in [0.15, 0.2) is 22.7 Å². The van der Waals surface area contributed by atoms with Gasteiger partial charge < -0.3 is 4.98 Å². The van der Waals surface area contributed by atoms with Crippen molar-refractivity contribution in [3.63, 3.8) is 0 Å². The van der Waals surface area contributed by atoms with E-state index in [9.17, 15) is 0 Å². The molecule has 0 spiro atoms. The molecule has 1 heterocycles. The summed E-state index contributed by atoms with van der Waals surface area (Å²) in [5.41, 5.74) is 4.48. The highest BCUT2D eigenvalue weighted by atomic mass is 79.9. The van der Waals surface area contributed by atoms with Crippen LogP contribution in [0.4, 0.5) is 0 Å². The van der Waals surface area contributed by atoms with Gasteiger partial charge in [-0.05, 0) is 55.4 Å². The Morgan fingerprint density at radius 1 is 1.04 bits per heavy atom. The molecule has 1 N–H and O–H groups in total. The molecule has 1 nitrogen and oxygen atoms in total. The summed E-state index contributed by atoms with van der Waals surface area (Å²) in [5, 5.41) is 1.44. The maximum absolute atomic E-state index is 3.75. The van der Waals surface area contributed by atoms with Gasteiger partial charge in [0.1, 0.15) is 0 Å². The van der Waals surface area contributed by atoms with Crippen molar-refractivity contribution in [3.8, 4) is 0 Å². The molecular weight excluding hydrogens is 358 g/mol. The Bertz CT molecular complexity index is 643. The van der Waals surface area contributed by atoms with Gasteiger partial charge in [0.05, 0.1) is 0 Å². The van der Waals surface area contributed by atoms with Gasteiger partial charge in [-0.1, -0.05) is 74.2 Å². The average molecular weight is 390 g/mol. The van der Waals surface area contributed by atoms with E-state index in [4.69, 9.17) is 0 Å². The summed E-state index contributed by atoms with van der Waals surface area (Å²) in [5.74, 6) is 0.764. The molecule has 1 aliphatic carbocycles. The first-order chi connectivity index (χ1) is 11.8. The summed E-state index contributed by atoms with van der Waals surface area (Å²) >= 11 is 3.63. The van der Waals surface area contributed by atoms with E-state index in [-0.39, 0.29) is 0 Å². The standard InChI is InChI=1S/C22H32BrN/c1-2-3-4-5-6-7-8-9-11-17-12-10-13-19-20-16-18(23)14-15-21(20)24-22(17)19/h14-17,24H,2-13H2,1H3. The number of unbranched alkanes of at least 4 members (excludes halogenated alkanes) is 7.